The molecule has 7 heteroatoms. The van der Waals surface area contributed by atoms with Crippen molar-refractivity contribution in [2.75, 3.05) is 12.1 Å². The minimum absolute atomic E-state index is 0.0810. The highest BCUT2D eigenvalue weighted by Crippen LogP contribution is 2.32. The molecule has 0 radical (unpaired) electrons. The second-order valence-electron chi connectivity index (χ2n) is 4.74. The third kappa shape index (κ3) is 3.46. The van der Waals surface area contributed by atoms with Crippen LogP contribution in [0.4, 0.5) is 11.4 Å². The van der Waals surface area contributed by atoms with Crippen molar-refractivity contribution in [1.82, 2.24) is 0 Å². The smallest absolute Gasteiger partial charge is 0.271 e. The van der Waals surface area contributed by atoms with Crippen LogP contribution < -0.4 is 14.8 Å². The first-order chi connectivity index (χ1) is 11.1. The molecule has 0 bridgehead atoms. The van der Waals surface area contributed by atoms with Crippen LogP contribution in [0.25, 0.3) is 6.08 Å². The number of ether oxygens (including phenoxy) is 2. The molecular formula is C16H12N2O5. The first-order valence-corrected chi connectivity index (χ1v) is 6.75. The maximum Gasteiger partial charge on any atom is 0.271 e. The number of non-ortho nitro benzene ring substituents is 1. The molecule has 1 heterocycles. The average molecular weight is 312 g/mol. The summed E-state index contributed by atoms with van der Waals surface area (Å²) in [5.41, 5.74) is 1.06. The molecule has 2 aromatic rings. The highest BCUT2D eigenvalue weighted by molar-refractivity contribution is 6.02. The molecule has 1 N–H and O–H groups in total. The lowest BCUT2D eigenvalue weighted by molar-refractivity contribution is -0.384. The number of rotatable bonds is 4. The fourth-order valence-corrected chi connectivity index (χ4v) is 2.07. The molecule has 7 nitrogen and oxygen atoms in total. The van der Waals surface area contributed by atoms with E-state index in [1.54, 1.807) is 30.3 Å². The number of hydrogen-bond donors (Lipinski definition) is 1. The van der Waals surface area contributed by atoms with Gasteiger partial charge in [0.1, 0.15) is 0 Å². The lowest BCUT2D eigenvalue weighted by atomic mass is 10.2. The maximum atomic E-state index is 11.9. The molecule has 1 amide bonds. The van der Waals surface area contributed by atoms with Crippen molar-refractivity contribution in [3.63, 3.8) is 0 Å². The third-order valence-electron chi connectivity index (χ3n) is 3.15. The highest BCUT2D eigenvalue weighted by Gasteiger charge is 2.12. The molecule has 0 spiro atoms. The first-order valence-electron chi connectivity index (χ1n) is 6.75. The molecule has 0 unspecified atom stereocenters. The van der Waals surface area contributed by atoms with Crippen LogP contribution in [-0.2, 0) is 4.79 Å². The van der Waals surface area contributed by atoms with E-state index in [1.807, 2.05) is 0 Å². The molecule has 3 rings (SSSR count). The number of nitrogens with zero attached hydrogens (tertiary/aromatic N) is 1. The molecule has 0 aliphatic carbocycles. The van der Waals surface area contributed by atoms with Gasteiger partial charge in [0.15, 0.2) is 11.5 Å². The topological polar surface area (TPSA) is 90.7 Å². The number of anilines is 1. The predicted molar refractivity (Wildman–Crippen MR) is 83.3 cm³/mol. The summed E-state index contributed by atoms with van der Waals surface area (Å²) in [6.07, 6.45) is 2.96. The minimum atomic E-state index is -0.516. The average Bonchev–Trinajstić information content (AvgIpc) is 3.01. The van der Waals surface area contributed by atoms with Crippen molar-refractivity contribution in [3.05, 3.63) is 64.2 Å². The van der Waals surface area contributed by atoms with E-state index in [2.05, 4.69) is 5.32 Å². The summed E-state index contributed by atoms with van der Waals surface area (Å²) in [7, 11) is 0. The Hall–Kier alpha value is -3.35. The Balaban J connectivity index is 1.67. The van der Waals surface area contributed by atoms with Gasteiger partial charge in [-0.2, -0.15) is 0 Å². The second kappa shape index (κ2) is 6.18. The van der Waals surface area contributed by atoms with Gasteiger partial charge in [-0.05, 0) is 29.8 Å². The molecule has 0 fully saturated rings. The van der Waals surface area contributed by atoms with E-state index in [-0.39, 0.29) is 18.4 Å². The summed E-state index contributed by atoms with van der Waals surface area (Å²) in [6, 6.07) is 11.1. The fourth-order valence-electron chi connectivity index (χ4n) is 2.07. The number of hydrogen-bond acceptors (Lipinski definition) is 5. The van der Waals surface area contributed by atoms with Crippen LogP contribution in [0.1, 0.15) is 5.56 Å². The Bertz CT molecular complexity index is 801. The quantitative estimate of drug-likeness (QED) is 0.532. The number of fused-ring (bicyclic) bond motifs is 1. The van der Waals surface area contributed by atoms with Crippen LogP contribution in [0.2, 0.25) is 0 Å². The number of carbonyl (C=O) groups excluding carboxylic acids is 1. The van der Waals surface area contributed by atoms with Crippen LogP contribution >= 0.6 is 0 Å². The Morgan fingerprint density at radius 3 is 2.83 bits per heavy atom. The van der Waals surface area contributed by atoms with E-state index >= 15 is 0 Å². The SMILES string of the molecule is O=C(/C=C/c1ccc2c(c1)OCO2)Nc1cccc([N+](=O)[O-])c1. The van der Waals surface area contributed by atoms with Crippen molar-refractivity contribution in [3.8, 4) is 11.5 Å². The normalized spacial score (nSPS) is 12.3. The predicted octanol–water partition coefficient (Wildman–Crippen LogP) is 2.98. The number of nitro groups is 1. The monoisotopic (exact) mass is 312 g/mol. The summed E-state index contributed by atoms with van der Waals surface area (Å²) in [5.74, 6) is 0.914. The zero-order valence-corrected chi connectivity index (χ0v) is 11.9. The van der Waals surface area contributed by atoms with E-state index < -0.39 is 4.92 Å². The molecule has 116 valence electrons. The summed E-state index contributed by atoms with van der Waals surface area (Å²) in [4.78, 5) is 22.1. The van der Waals surface area contributed by atoms with Gasteiger partial charge in [0, 0.05) is 23.9 Å². The summed E-state index contributed by atoms with van der Waals surface area (Å²) in [6.45, 7) is 0.190. The Morgan fingerprint density at radius 1 is 1.17 bits per heavy atom. The van der Waals surface area contributed by atoms with Crippen molar-refractivity contribution < 1.29 is 19.2 Å². The molecule has 23 heavy (non-hydrogen) atoms. The van der Waals surface area contributed by atoms with Crippen molar-refractivity contribution in [2.24, 2.45) is 0 Å². The third-order valence-corrected chi connectivity index (χ3v) is 3.15. The van der Waals surface area contributed by atoms with E-state index in [0.29, 0.717) is 17.2 Å². The van der Waals surface area contributed by atoms with E-state index in [0.717, 1.165) is 5.56 Å². The Labute approximate surface area is 131 Å². The van der Waals surface area contributed by atoms with Crippen LogP contribution in [-0.4, -0.2) is 17.6 Å². The van der Waals surface area contributed by atoms with Crippen LogP contribution in [0.5, 0.6) is 11.5 Å². The van der Waals surface area contributed by atoms with Crippen LogP contribution in [0.15, 0.2) is 48.5 Å². The van der Waals surface area contributed by atoms with Gasteiger partial charge in [-0.15, -0.1) is 0 Å². The van der Waals surface area contributed by atoms with Gasteiger partial charge in [-0.3, -0.25) is 14.9 Å². The summed E-state index contributed by atoms with van der Waals surface area (Å²) < 4.78 is 10.5. The molecular weight excluding hydrogens is 300 g/mol. The zero-order valence-electron chi connectivity index (χ0n) is 11.9. The van der Waals surface area contributed by atoms with Crippen molar-refractivity contribution in [2.45, 2.75) is 0 Å². The summed E-state index contributed by atoms with van der Waals surface area (Å²) in [5, 5.41) is 13.3. The zero-order chi connectivity index (χ0) is 16.2. The van der Waals surface area contributed by atoms with E-state index in [4.69, 9.17) is 9.47 Å². The number of nitrogens with one attached hydrogen (secondary N) is 1. The Kier molecular flexibility index (Phi) is 3.92. The van der Waals surface area contributed by atoms with Gasteiger partial charge in [0.25, 0.3) is 5.69 Å². The molecule has 1 aliphatic heterocycles. The molecule has 0 aromatic heterocycles. The number of amides is 1. The Morgan fingerprint density at radius 2 is 2.00 bits per heavy atom. The van der Waals surface area contributed by atoms with Gasteiger partial charge < -0.3 is 14.8 Å². The standard InChI is InChI=1S/C16H12N2O5/c19-16(17-12-2-1-3-13(9-12)18(20)21)7-5-11-4-6-14-15(8-11)23-10-22-14/h1-9H,10H2,(H,17,19)/b7-5+. The van der Waals surface area contributed by atoms with Crippen LogP contribution in [0, 0.1) is 10.1 Å². The lowest BCUT2D eigenvalue weighted by Crippen LogP contribution is -2.07. The largest absolute Gasteiger partial charge is 0.454 e. The number of nitro benzene ring substituents is 1. The molecule has 1 aliphatic rings. The lowest BCUT2D eigenvalue weighted by Gasteiger charge is -2.02. The van der Waals surface area contributed by atoms with Gasteiger partial charge in [0.05, 0.1) is 4.92 Å². The maximum absolute atomic E-state index is 11.9. The van der Waals surface area contributed by atoms with E-state index in [9.17, 15) is 14.9 Å². The molecule has 0 atom stereocenters. The summed E-state index contributed by atoms with van der Waals surface area (Å²) >= 11 is 0. The first kappa shape index (κ1) is 14.6. The number of carbonyl (C=O) groups is 1. The van der Waals surface area contributed by atoms with Crippen LogP contribution in [0.3, 0.4) is 0 Å². The second-order valence-corrected chi connectivity index (χ2v) is 4.74. The highest BCUT2D eigenvalue weighted by atomic mass is 16.7. The molecule has 2 aromatic carbocycles. The van der Waals surface area contributed by atoms with Gasteiger partial charge >= 0.3 is 0 Å². The van der Waals surface area contributed by atoms with Crippen molar-refractivity contribution >= 4 is 23.4 Å². The van der Waals surface area contributed by atoms with E-state index in [1.165, 1.54) is 24.3 Å². The minimum Gasteiger partial charge on any atom is -0.454 e. The molecule has 0 saturated heterocycles. The van der Waals surface area contributed by atoms with Gasteiger partial charge in [-0.1, -0.05) is 12.1 Å². The van der Waals surface area contributed by atoms with Crippen molar-refractivity contribution in [1.29, 1.82) is 0 Å². The van der Waals surface area contributed by atoms with Gasteiger partial charge in [-0.25, -0.2) is 0 Å². The fraction of sp³-hybridized carbons (Fsp3) is 0.0625. The number of benzene rings is 2. The molecule has 0 saturated carbocycles. The van der Waals surface area contributed by atoms with Gasteiger partial charge in [0.2, 0.25) is 12.7 Å².